The first-order chi connectivity index (χ1) is 11.4. The molecule has 8 nitrogen and oxygen atoms in total. The third-order valence-corrected chi connectivity index (χ3v) is 3.28. The van der Waals surface area contributed by atoms with E-state index in [1.165, 1.54) is 19.1 Å². The molecule has 8 heteroatoms. The number of hydrogen-bond donors (Lipinski definition) is 3. The van der Waals surface area contributed by atoms with E-state index in [-0.39, 0.29) is 50.4 Å². The van der Waals surface area contributed by atoms with Crippen molar-refractivity contribution >= 4 is 17.9 Å². The van der Waals surface area contributed by atoms with E-state index >= 15 is 0 Å². The molecule has 0 aliphatic heterocycles. The SMILES string of the molecule is CC(=O)OCCc1c(C(=O)O)ccc(C(=O)O)c1CCOCCO. The lowest BCUT2D eigenvalue weighted by Crippen LogP contribution is -2.16. The maximum atomic E-state index is 11.4. The minimum absolute atomic E-state index is 0.0228. The van der Waals surface area contributed by atoms with Crippen LogP contribution in [-0.2, 0) is 27.1 Å². The minimum Gasteiger partial charge on any atom is -0.478 e. The fourth-order valence-electron chi connectivity index (χ4n) is 2.30. The predicted octanol–water partition coefficient (Wildman–Crippen LogP) is 0.740. The highest BCUT2D eigenvalue weighted by atomic mass is 16.5. The number of carboxylic acids is 2. The number of carboxylic acid groups (broad SMARTS) is 2. The number of esters is 1. The van der Waals surface area contributed by atoms with E-state index in [1.807, 2.05) is 0 Å². The van der Waals surface area contributed by atoms with Crippen molar-refractivity contribution < 1.29 is 39.2 Å². The second-order valence-corrected chi connectivity index (χ2v) is 4.90. The molecule has 0 bridgehead atoms. The van der Waals surface area contributed by atoms with Crippen molar-refractivity contribution in [3.8, 4) is 0 Å². The van der Waals surface area contributed by atoms with Crippen LogP contribution < -0.4 is 0 Å². The Morgan fingerprint density at radius 1 is 0.917 bits per heavy atom. The Hall–Kier alpha value is -2.45. The lowest BCUT2D eigenvalue weighted by atomic mass is 9.92. The number of rotatable bonds is 10. The molecule has 1 rings (SSSR count). The normalized spacial score (nSPS) is 10.4. The number of aliphatic hydroxyl groups excluding tert-OH is 1. The van der Waals surface area contributed by atoms with Crippen LogP contribution in [0.5, 0.6) is 0 Å². The average Bonchev–Trinajstić information content (AvgIpc) is 2.51. The first kappa shape index (κ1) is 19.6. The van der Waals surface area contributed by atoms with Crippen molar-refractivity contribution in [2.45, 2.75) is 19.8 Å². The van der Waals surface area contributed by atoms with Gasteiger partial charge in [0.25, 0.3) is 0 Å². The predicted molar refractivity (Wildman–Crippen MR) is 82.3 cm³/mol. The largest absolute Gasteiger partial charge is 0.478 e. The second kappa shape index (κ2) is 9.64. The standard InChI is InChI=1S/C16H20O8/c1-10(18)24-8-5-12-11(4-7-23-9-6-17)13(15(19)20)2-3-14(12)16(21)22/h2-3,17H,4-9H2,1H3,(H,19,20)(H,21,22). The second-order valence-electron chi connectivity index (χ2n) is 4.90. The zero-order chi connectivity index (χ0) is 18.1. The van der Waals surface area contributed by atoms with Gasteiger partial charge in [-0.2, -0.15) is 0 Å². The smallest absolute Gasteiger partial charge is 0.335 e. The van der Waals surface area contributed by atoms with Crippen molar-refractivity contribution in [2.24, 2.45) is 0 Å². The Kier molecular flexibility index (Phi) is 7.87. The Bertz CT molecular complexity index is 608. The quantitative estimate of drug-likeness (QED) is 0.420. The van der Waals surface area contributed by atoms with E-state index in [1.54, 1.807) is 0 Å². The van der Waals surface area contributed by atoms with E-state index in [2.05, 4.69) is 0 Å². The van der Waals surface area contributed by atoms with Gasteiger partial charge in [0.05, 0.1) is 37.6 Å². The van der Waals surface area contributed by atoms with E-state index in [0.29, 0.717) is 11.1 Å². The highest BCUT2D eigenvalue weighted by Gasteiger charge is 2.20. The zero-order valence-electron chi connectivity index (χ0n) is 13.3. The molecule has 0 amide bonds. The highest BCUT2D eigenvalue weighted by molar-refractivity contribution is 5.95. The van der Waals surface area contributed by atoms with E-state index in [9.17, 15) is 24.6 Å². The van der Waals surface area contributed by atoms with Crippen molar-refractivity contribution in [1.29, 1.82) is 0 Å². The van der Waals surface area contributed by atoms with Crippen molar-refractivity contribution in [3.63, 3.8) is 0 Å². The van der Waals surface area contributed by atoms with E-state index < -0.39 is 17.9 Å². The van der Waals surface area contributed by atoms with Crippen LogP contribution in [0.2, 0.25) is 0 Å². The molecule has 0 aromatic heterocycles. The zero-order valence-corrected chi connectivity index (χ0v) is 13.3. The van der Waals surface area contributed by atoms with Crippen LogP contribution in [0.4, 0.5) is 0 Å². The summed E-state index contributed by atoms with van der Waals surface area (Å²) in [7, 11) is 0. The van der Waals surface area contributed by atoms with Gasteiger partial charge in [-0.15, -0.1) is 0 Å². The molecule has 0 aliphatic carbocycles. The molecule has 1 aromatic carbocycles. The summed E-state index contributed by atoms with van der Waals surface area (Å²) in [5.41, 5.74) is 0.568. The molecule has 0 saturated heterocycles. The summed E-state index contributed by atoms with van der Waals surface area (Å²) >= 11 is 0. The molecule has 0 fully saturated rings. The monoisotopic (exact) mass is 340 g/mol. The van der Waals surface area contributed by atoms with Crippen LogP contribution >= 0.6 is 0 Å². The molecular formula is C16H20O8. The topological polar surface area (TPSA) is 130 Å². The molecule has 0 heterocycles. The van der Waals surface area contributed by atoms with Crippen LogP contribution in [0.1, 0.15) is 38.8 Å². The van der Waals surface area contributed by atoms with Gasteiger partial charge in [0.1, 0.15) is 0 Å². The molecule has 3 N–H and O–H groups in total. The van der Waals surface area contributed by atoms with Crippen LogP contribution in [0, 0.1) is 0 Å². The summed E-state index contributed by atoms with van der Waals surface area (Å²) in [4.78, 5) is 33.7. The van der Waals surface area contributed by atoms with Gasteiger partial charge in [0.15, 0.2) is 0 Å². The average molecular weight is 340 g/mol. The molecule has 0 saturated carbocycles. The molecule has 0 spiro atoms. The first-order valence-electron chi connectivity index (χ1n) is 7.31. The van der Waals surface area contributed by atoms with Gasteiger partial charge in [-0.1, -0.05) is 0 Å². The summed E-state index contributed by atoms with van der Waals surface area (Å²) in [5, 5.41) is 27.3. The number of hydrogen-bond acceptors (Lipinski definition) is 6. The number of aromatic carboxylic acids is 2. The molecule has 0 aliphatic rings. The fourth-order valence-corrected chi connectivity index (χ4v) is 2.30. The van der Waals surface area contributed by atoms with Crippen molar-refractivity contribution in [1.82, 2.24) is 0 Å². The van der Waals surface area contributed by atoms with Crippen LogP contribution in [0.3, 0.4) is 0 Å². The number of ether oxygens (including phenoxy) is 2. The molecule has 0 radical (unpaired) electrons. The molecular weight excluding hydrogens is 320 g/mol. The van der Waals surface area contributed by atoms with Gasteiger partial charge in [0.2, 0.25) is 0 Å². The molecule has 132 valence electrons. The number of aliphatic hydroxyl groups is 1. The summed E-state index contributed by atoms with van der Waals surface area (Å²) in [5.74, 6) is -2.88. The molecule has 0 unspecified atom stereocenters. The van der Waals surface area contributed by atoms with E-state index in [0.717, 1.165) is 0 Å². The third kappa shape index (κ3) is 5.64. The van der Waals surface area contributed by atoms with E-state index in [4.69, 9.17) is 14.6 Å². The number of carbonyl (C=O) groups excluding carboxylic acids is 1. The maximum absolute atomic E-state index is 11.4. The Morgan fingerprint density at radius 3 is 1.83 bits per heavy atom. The number of benzene rings is 1. The molecule has 1 aromatic rings. The first-order valence-corrected chi connectivity index (χ1v) is 7.31. The van der Waals surface area contributed by atoms with Gasteiger partial charge >= 0.3 is 17.9 Å². The van der Waals surface area contributed by atoms with Crippen LogP contribution in [0.15, 0.2) is 12.1 Å². The van der Waals surface area contributed by atoms with Crippen LogP contribution in [0.25, 0.3) is 0 Å². The summed E-state index contributed by atoms with van der Waals surface area (Å²) in [6.45, 7) is 1.24. The Morgan fingerprint density at radius 2 is 1.42 bits per heavy atom. The lowest BCUT2D eigenvalue weighted by Gasteiger charge is -2.16. The Labute approximate surface area is 138 Å². The van der Waals surface area contributed by atoms with Crippen LogP contribution in [-0.4, -0.2) is 59.7 Å². The fraction of sp³-hybridized carbons (Fsp3) is 0.438. The third-order valence-electron chi connectivity index (χ3n) is 3.28. The van der Waals surface area contributed by atoms with Gasteiger partial charge in [-0.25, -0.2) is 9.59 Å². The van der Waals surface area contributed by atoms with Gasteiger partial charge in [0, 0.05) is 13.3 Å². The van der Waals surface area contributed by atoms with Gasteiger partial charge in [-0.05, 0) is 29.7 Å². The van der Waals surface area contributed by atoms with Crippen molar-refractivity contribution in [2.75, 3.05) is 26.4 Å². The summed E-state index contributed by atoms with van der Waals surface area (Å²) < 4.78 is 9.98. The lowest BCUT2D eigenvalue weighted by molar-refractivity contribution is -0.140. The van der Waals surface area contributed by atoms with Gasteiger partial charge in [-0.3, -0.25) is 4.79 Å². The Balaban J connectivity index is 3.18. The molecule has 0 atom stereocenters. The van der Waals surface area contributed by atoms with Gasteiger partial charge < -0.3 is 24.8 Å². The maximum Gasteiger partial charge on any atom is 0.335 e. The minimum atomic E-state index is -1.19. The summed E-state index contributed by atoms with van der Waals surface area (Å²) in [6.07, 6.45) is 0.246. The summed E-state index contributed by atoms with van der Waals surface area (Å²) in [6, 6.07) is 2.47. The number of carbonyl (C=O) groups is 3. The molecule has 24 heavy (non-hydrogen) atoms. The van der Waals surface area contributed by atoms with Crippen molar-refractivity contribution in [3.05, 3.63) is 34.4 Å². The highest BCUT2D eigenvalue weighted by Crippen LogP contribution is 2.22.